The second-order valence-corrected chi connectivity index (χ2v) is 7.18. The number of amides is 5. The number of carbonyl (C=O) groups is 4. The average molecular weight is 425 g/mol. The Bertz CT molecular complexity index is 1220. The Morgan fingerprint density at radius 1 is 1.17 bits per heavy atom. The number of hydrogen-bond donors (Lipinski definition) is 2. The third-order valence-electron chi connectivity index (χ3n) is 4.25. The summed E-state index contributed by atoms with van der Waals surface area (Å²) in [5, 5.41) is 15.3. The quantitative estimate of drug-likeness (QED) is 0.369. The van der Waals surface area contributed by atoms with Gasteiger partial charge in [-0.1, -0.05) is 29.5 Å². The van der Waals surface area contributed by atoms with Gasteiger partial charge in [-0.05, 0) is 18.2 Å². The number of nitrogens with one attached hydrogen (secondary N) is 2. The molecule has 0 bridgehead atoms. The Morgan fingerprint density at radius 3 is 2.60 bits per heavy atom. The number of rotatable bonds is 4. The molecule has 1 aliphatic heterocycles. The molecule has 0 radical (unpaired) electrons. The number of non-ortho nitro benzene ring substituents is 1. The van der Waals surface area contributed by atoms with Gasteiger partial charge in [-0.2, -0.15) is 0 Å². The molecule has 30 heavy (non-hydrogen) atoms. The predicted molar refractivity (Wildman–Crippen MR) is 106 cm³/mol. The summed E-state index contributed by atoms with van der Waals surface area (Å²) in [6.45, 7) is 0. The van der Waals surface area contributed by atoms with Gasteiger partial charge in [0.25, 0.3) is 11.6 Å². The van der Waals surface area contributed by atoms with E-state index in [2.05, 4.69) is 10.3 Å². The third kappa shape index (κ3) is 3.35. The Morgan fingerprint density at radius 2 is 1.90 bits per heavy atom. The molecule has 1 aromatic heterocycles. The number of aromatic nitrogens is 1. The molecule has 0 aliphatic carbocycles. The van der Waals surface area contributed by atoms with E-state index in [4.69, 9.17) is 0 Å². The molecule has 2 aromatic carbocycles. The summed E-state index contributed by atoms with van der Waals surface area (Å²) in [5.74, 6) is -4.82. The minimum absolute atomic E-state index is 0.0549. The van der Waals surface area contributed by atoms with Crippen LogP contribution in [0.5, 0.6) is 0 Å². The molecule has 1 fully saturated rings. The van der Waals surface area contributed by atoms with E-state index in [1.165, 1.54) is 30.3 Å². The maximum Gasteiger partial charge on any atom is 0.335 e. The molecule has 0 spiro atoms. The third-order valence-corrected chi connectivity index (χ3v) is 5.19. The van der Waals surface area contributed by atoms with Crippen LogP contribution in [0.25, 0.3) is 10.2 Å². The first-order chi connectivity index (χ1) is 14.3. The summed E-state index contributed by atoms with van der Waals surface area (Å²) in [5.41, 5.74) is 0.474. The van der Waals surface area contributed by atoms with E-state index < -0.39 is 34.6 Å². The fraction of sp³-hybridized carbons (Fsp3) is 0.0556. The molecule has 11 nitrogen and oxygen atoms in total. The van der Waals surface area contributed by atoms with Crippen LogP contribution in [0.15, 0.2) is 48.5 Å². The number of para-hydroxylation sites is 1. The Labute approximate surface area is 171 Å². The van der Waals surface area contributed by atoms with Crippen LogP contribution in [0.1, 0.15) is 0 Å². The van der Waals surface area contributed by atoms with Gasteiger partial charge in [0, 0.05) is 12.1 Å². The number of carbonyl (C=O) groups excluding carboxylic acids is 4. The molecule has 12 heteroatoms. The Kier molecular flexibility index (Phi) is 4.68. The van der Waals surface area contributed by atoms with Crippen molar-refractivity contribution in [3.8, 4) is 0 Å². The SMILES string of the molecule is O=C1NC(=O)N(c2ccccc2)C(=O)C1C(=O)Nc1nc2ccc([N+](=O)[O-])cc2s1. The topological polar surface area (TPSA) is 152 Å². The van der Waals surface area contributed by atoms with E-state index in [9.17, 15) is 29.3 Å². The standard InChI is InChI=1S/C18H11N5O6S/c24-14(20-17-19-11-7-6-10(23(28)29)8-12(11)30-17)13-15(25)21-18(27)22(16(13)26)9-4-2-1-3-5-9/h1-8,13H,(H,19,20,24)(H,21,25,27). The van der Waals surface area contributed by atoms with Crippen molar-refractivity contribution in [3.05, 3.63) is 58.6 Å². The zero-order chi connectivity index (χ0) is 21.4. The number of urea groups is 1. The van der Waals surface area contributed by atoms with Crippen LogP contribution in [0.2, 0.25) is 0 Å². The number of anilines is 2. The van der Waals surface area contributed by atoms with Crippen LogP contribution >= 0.6 is 11.3 Å². The largest absolute Gasteiger partial charge is 0.335 e. The van der Waals surface area contributed by atoms with Gasteiger partial charge in [0.2, 0.25) is 11.8 Å². The average Bonchev–Trinajstić information content (AvgIpc) is 3.09. The Hall–Kier alpha value is -4.19. The van der Waals surface area contributed by atoms with Gasteiger partial charge in [0.1, 0.15) is 0 Å². The Balaban J connectivity index is 1.59. The van der Waals surface area contributed by atoms with Crippen LogP contribution in [0.3, 0.4) is 0 Å². The number of barbiturate groups is 1. The van der Waals surface area contributed by atoms with E-state index in [-0.39, 0.29) is 16.5 Å². The molecular formula is C18H11N5O6S. The summed E-state index contributed by atoms with van der Waals surface area (Å²) in [4.78, 5) is 64.9. The molecule has 5 amide bonds. The molecule has 3 aromatic rings. The molecule has 0 saturated carbocycles. The lowest BCUT2D eigenvalue weighted by Crippen LogP contribution is -2.61. The number of nitro groups is 1. The maximum absolute atomic E-state index is 12.8. The molecule has 4 rings (SSSR count). The van der Waals surface area contributed by atoms with Crippen molar-refractivity contribution in [2.24, 2.45) is 5.92 Å². The summed E-state index contributed by atoms with van der Waals surface area (Å²) >= 11 is 0.950. The zero-order valence-electron chi connectivity index (χ0n) is 14.9. The van der Waals surface area contributed by atoms with Gasteiger partial charge < -0.3 is 5.32 Å². The van der Waals surface area contributed by atoms with Crippen molar-refractivity contribution >= 4 is 61.8 Å². The molecule has 2 N–H and O–H groups in total. The lowest BCUT2D eigenvalue weighted by molar-refractivity contribution is -0.384. The van der Waals surface area contributed by atoms with E-state index in [1.807, 2.05) is 5.32 Å². The van der Waals surface area contributed by atoms with Gasteiger partial charge in [0.15, 0.2) is 11.0 Å². The first kappa shape index (κ1) is 19.1. The van der Waals surface area contributed by atoms with Crippen LogP contribution in [0, 0.1) is 16.0 Å². The maximum atomic E-state index is 12.8. The number of fused-ring (bicyclic) bond motifs is 1. The van der Waals surface area contributed by atoms with Crippen LogP contribution < -0.4 is 15.5 Å². The van der Waals surface area contributed by atoms with Gasteiger partial charge in [-0.15, -0.1) is 0 Å². The molecule has 150 valence electrons. The first-order valence-corrected chi connectivity index (χ1v) is 9.26. The monoisotopic (exact) mass is 425 g/mol. The van der Waals surface area contributed by atoms with Gasteiger partial charge in [-0.3, -0.25) is 29.8 Å². The summed E-state index contributed by atoms with van der Waals surface area (Å²) in [6, 6.07) is 10.9. The number of imide groups is 2. The second-order valence-electron chi connectivity index (χ2n) is 6.15. The highest BCUT2D eigenvalue weighted by atomic mass is 32.1. The molecule has 1 atom stereocenters. The smallest absolute Gasteiger partial charge is 0.301 e. The van der Waals surface area contributed by atoms with Crippen molar-refractivity contribution in [1.29, 1.82) is 0 Å². The predicted octanol–water partition coefficient (Wildman–Crippen LogP) is 2.04. The van der Waals surface area contributed by atoms with E-state index >= 15 is 0 Å². The zero-order valence-corrected chi connectivity index (χ0v) is 15.7. The van der Waals surface area contributed by atoms with Crippen molar-refractivity contribution in [2.45, 2.75) is 0 Å². The highest BCUT2D eigenvalue weighted by Gasteiger charge is 2.45. The first-order valence-electron chi connectivity index (χ1n) is 8.45. The fourth-order valence-electron chi connectivity index (χ4n) is 2.89. The van der Waals surface area contributed by atoms with E-state index in [1.54, 1.807) is 18.2 Å². The molecule has 1 unspecified atom stereocenters. The highest BCUT2D eigenvalue weighted by molar-refractivity contribution is 7.22. The van der Waals surface area contributed by atoms with Crippen molar-refractivity contribution in [2.75, 3.05) is 10.2 Å². The number of benzene rings is 2. The highest BCUT2D eigenvalue weighted by Crippen LogP contribution is 2.30. The number of nitro benzene ring substituents is 1. The van der Waals surface area contributed by atoms with Crippen LogP contribution in [-0.4, -0.2) is 33.7 Å². The molecule has 1 aliphatic rings. The number of hydrogen-bond acceptors (Lipinski definition) is 8. The summed E-state index contributed by atoms with van der Waals surface area (Å²) < 4.78 is 0.444. The van der Waals surface area contributed by atoms with Gasteiger partial charge in [-0.25, -0.2) is 14.7 Å². The lowest BCUT2D eigenvalue weighted by atomic mass is 10.0. The lowest BCUT2D eigenvalue weighted by Gasteiger charge is -2.29. The van der Waals surface area contributed by atoms with E-state index in [0.29, 0.717) is 15.1 Å². The van der Waals surface area contributed by atoms with Crippen molar-refractivity contribution < 1.29 is 24.1 Å². The fourth-order valence-corrected chi connectivity index (χ4v) is 3.79. The number of thiazole rings is 1. The van der Waals surface area contributed by atoms with Crippen LogP contribution in [0.4, 0.5) is 21.3 Å². The normalized spacial score (nSPS) is 16.5. The van der Waals surface area contributed by atoms with Gasteiger partial charge in [0.05, 0.1) is 20.8 Å². The van der Waals surface area contributed by atoms with Gasteiger partial charge >= 0.3 is 6.03 Å². The second kappa shape index (κ2) is 7.33. The number of nitrogens with zero attached hydrogens (tertiary/aromatic N) is 3. The summed E-state index contributed by atoms with van der Waals surface area (Å²) in [7, 11) is 0. The minimum atomic E-state index is -1.80. The molecule has 2 heterocycles. The van der Waals surface area contributed by atoms with Crippen LogP contribution in [-0.2, 0) is 14.4 Å². The van der Waals surface area contributed by atoms with Crippen molar-refractivity contribution in [1.82, 2.24) is 10.3 Å². The van der Waals surface area contributed by atoms with E-state index in [0.717, 1.165) is 11.3 Å². The molecular weight excluding hydrogens is 414 g/mol. The van der Waals surface area contributed by atoms with Crippen molar-refractivity contribution in [3.63, 3.8) is 0 Å². The summed E-state index contributed by atoms with van der Waals surface area (Å²) in [6.07, 6.45) is 0. The molecule has 1 saturated heterocycles. The minimum Gasteiger partial charge on any atom is -0.301 e.